The molecule has 0 unspecified atom stereocenters. The summed E-state index contributed by atoms with van der Waals surface area (Å²) in [6.07, 6.45) is 0. The van der Waals surface area contributed by atoms with Crippen molar-refractivity contribution in [1.29, 1.82) is 0 Å². The minimum absolute atomic E-state index is 0. The summed E-state index contributed by atoms with van der Waals surface area (Å²) in [6, 6.07) is 8.16. The van der Waals surface area contributed by atoms with Crippen molar-refractivity contribution in [2.75, 3.05) is 26.7 Å². The van der Waals surface area contributed by atoms with Crippen LogP contribution in [0.1, 0.15) is 13.8 Å². The summed E-state index contributed by atoms with van der Waals surface area (Å²) in [6.45, 7) is 4.97. The third kappa shape index (κ3) is 5.25. The summed E-state index contributed by atoms with van der Waals surface area (Å²) in [7, 11) is 1.72. The second kappa shape index (κ2) is 8.17. The molecule has 0 radical (unpaired) electrons. The Labute approximate surface area is 147 Å². The third-order valence-corrected chi connectivity index (χ3v) is 3.60. The molecule has 1 aromatic heterocycles. The fourth-order valence-electron chi connectivity index (χ4n) is 2.18. The summed E-state index contributed by atoms with van der Waals surface area (Å²) in [4.78, 5) is 25.0. The number of amides is 1. The maximum absolute atomic E-state index is 12.1. The lowest BCUT2D eigenvalue weighted by Crippen LogP contribution is -2.41. The van der Waals surface area contributed by atoms with Crippen LogP contribution in [-0.2, 0) is 4.79 Å². The van der Waals surface area contributed by atoms with E-state index in [2.05, 4.69) is 0 Å². The largest absolute Gasteiger partial charge is 0.484 e. The number of carbonyl (C=O) groups is 1. The lowest BCUT2D eigenvalue weighted by atomic mass is 9.93. The maximum atomic E-state index is 12.1. The molecule has 0 aliphatic rings. The molecule has 7 heteroatoms. The number of rotatable bonds is 6. The molecule has 0 aliphatic carbocycles. The summed E-state index contributed by atoms with van der Waals surface area (Å²) in [5.41, 5.74) is 5.55. The number of carbonyl (C=O) groups excluding carboxylic acids is 1. The highest BCUT2D eigenvalue weighted by atomic mass is 35.5. The van der Waals surface area contributed by atoms with Crippen LogP contribution in [0.4, 0.5) is 0 Å². The van der Waals surface area contributed by atoms with Crippen LogP contribution in [0.3, 0.4) is 0 Å². The summed E-state index contributed by atoms with van der Waals surface area (Å²) < 4.78 is 10.6. The van der Waals surface area contributed by atoms with Gasteiger partial charge in [-0.2, -0.15) is 0 Å². The monoisotopic (exact) mass is 354 g/mol. The highest BCUT2D eigenvalue weighted by Gasteiger charge is 2.21. The van der Waals surface area contributed by atoms with Crippen molar-refractivity contribution in [2.45, 2.75) is 13.8 Å². The Morgan fingerprint density at radius 1 is 1.29 bits per heavy atom. The van der Waals surface area contributed by atoms with Gasteiger partial charge in [-0.3, -0.25) is 4.79 Å². The summed E-state index contributed by atoms with van der Waals surface area (Å²) in [5.74, 6) is 0.341. The molecule has 2 N–H and O–H groups in total. The van der Waals surface area contributed by atoms with Crippen LogP contribution in [0.15, 0.2) is 39.5 Å². The highest BCUT2D eigenvalue weighted by molar-refractivity contribution is 5.85. The molecule has 1 amide bonds. The van der Waals surface area contributed by atoms with Crippen LogP contribution in [0.2, 0.25) is 0 Å². The first-order valence-electron chi connectivity index (χ1n) is 7.41. The van der Waals surface area contributed by atoms with Gasteiger partial charge in [0.1, 0.15) is 11.3 Å². The van der Waals surface area contributed by atoms with Crippen LogP contribution in [0, 0.1) is 5.41 Å². The van der Waals surface area contributed by atoms with E-state index >= 15 is 0 Å². The number of fused-ring (bicyclic) bond motifs is 1. The number of benzene rings is 1. The van der Waals surface area contributed by atoms with Crippen LogP contribution < -0.4 is 16.1 Å². The topological polar surface area (TPSA) is 85.8 Å². The van der Waals surface area contributed by atoms with Crippen LogP contribution in [0.25, 0.3) is 11.0 Å². The Morgan fingerprint density at radius 3 is 2.62 bits per heavy atom. The van der Waals surface area contributed by atoms with Crippen molar-refractivity contribution in [3.8, 4) is 5.75 Å². The van der Waals surface area contributed by atoms with Crippen LogP contribution in [0.5, 0.6) is 5.75 Å². The first-order valence-corrected chi connectivity index (χ1v) is 7.41. The van der Waals surface area contributed by atoms with E-state index in [-0.39, 0.29) is 30.3 Å². The van der Waals surface area contributed by atoms with E-state index in [1.807, 2.05) is 13.8 Å². The molecule has 0 aliphatic heterocycles. The number of hydrogen-bond donors (Lipinski definition) is 1. The number of hydrogen-bond acceptors (Lipinski definition) is 5. The Hall–Kier alpha value is -2.05. The number of nitrogens with two attached hydrogens (primary N) is 1. The SMILES string of the molecule is CN(CC(C)(C)CN)C(=O)COc1ccc2ccc(=O)oc2c1.Cl. The number of ether oxygens (including phenoxy) is 1. The highest BCUT2D eigenvalue weighted by Crippen LogP contribution is 2.19. The molecule has 1 heterocycles. The molecule has 0 spiro atoms. The Kier molecular flexibility index (Phi) is 6.81. The first kappa shape index (κ1) is 20.0. The predicted molar refractivity (Wildman–Crippen MR) is 95.7 cm³/mol. The predicted octanol–water partition coefficient (Wildman–Crippen LogP) is 2.04. The van der Waals surface area contributed by atoms with Gasteiger partial charge >= 0.3 is 5.63 Å². The lowest BCUT2D eigenvalue weighted by molar-refractivity contribution is -0.133. The van der Waals surface area contributed by atoms with Crippen molar-refractivity contribution in [3.63, 3.8) is 0 Å². The third-order valence-electron chi connectivity index (χ3n) is 3.60. The average molecular weight is 355 g/mol. The molecule has 6 nitrogen and oxygen atoms in total. The van der Waals surface area contributed by atoms with Crippen LogP contribution in [-0.4, -0.2) is 37.6 Å². The molecular formula is C17H23ClN2O4. The number of likely N-dealkylation sites (N-methyl/N-ethyl adjacent to an activating group) is 1. The molecule has 2 aromatic rings. The van der Waals surface area contributed by atoms with E-state index in [9.17, 15) is 9.59 Å². The van der Waals surface area contributed by atoms with Gasteiger partial charge in [0.15, 0.2) is 6.61 Å². The number of nitrogens with zero attached hydrogens (tertiary/aromatic N) is 1. The van der Waals surface area contributed by atoms with Gasteiger partial charge < -0.3 is 19.8 Å². The molecule has 0 bridgehead atoms. The molecule has 24 heavy (non-hydrogen) atoms. The zero-order valence-electron chi connectivity index (χ0n) is 14.1. The normalized spacial score (nSPS) is 11.0. The standard InChI is InChI=1S/C17H22N2O4.ClH/c1-17(2,10-18)11-19(3)15(20)9-22-13-6-4-12-5-7-16(21)23-14(12)8-13;/h4-8H,9-11,18H2,1-3H3;1H. The minimum atomic E-state index is -0.422. The van der Waals surface area contributed by atoms with Crippen molar-refractivity contribution >= 4 is 29.3 Å². The smallest absolute Gasteiger partial charge is 0.336 e. The molecule has 0 atom stereocenters. The average Bonchev–Trinajstić information content (AvgIpc) is 2.51. The Bertz CT molecular complexity index is 758. The molecule has 0 saturated carbocycles. The lowest BCUT2D eigenvalue weighted by Gasteiger charge is -2.29. The second-order valence-electron chi connectivity index (χ2n) is 6.36. The second-order valence-corrected chi connectivity index (χ2v) is 6.36. The summed E-state index contributed by atoms with van der Waals surface area (Å²) >= 11 is 0. The molecule has 0 saturated heterocycles. The molecule has 132 valence electrons. The van der Waals surface area contributed by atoms with Gasteiger partial charge in [0.2, 0.25) is 0 Å². The van der Waals surface area contributed by atoms with Crippen molar-refractivity contribution < 1.29 is 13.9 Å². The number of halogens is 1. The van der Waals surface area contributed by atoms with Gasteiger partial charge in [-0.25, -0.2) is 4.79 Å². The van der Waals surface area contributed by atoms with Gasteiger partial charge in [-0.05, 0) is 30.2 Å². The fourth-order valence-corrected chi connectivity index (χ4v) is 2.18. The zero-order valence-corrected chi connectivity index (χ0v) is 14.9. The van der Waals surface area contributed by atoms with E-state index in [0.717, 1.165) is 5.39 Å². The molecule has 2 rings (SSSR count). The Balaban J connectivity index is 0.00000288. The first-order chi connectivity index (χ1) is 10.8. The molecule has 0 fully saturated rings. The molecule has 1 aromatic carbocycles. The van der Waals surface area contributed by atoms with Crippen molar-refractivity contribution in [2.24, 2.45) is 11.1 Å². The van der Waals surface area contributed by atoms with E-state index in [1.54, 1.807) is 36.2 Å². The summed E-state index contributed by atoms with van der Waals surface area (Å²) in [5, 5.41) is 0.796. The van der Waals surface area contributed by atoms with Crippen LogP contribution >= 0.6 is 12.4 Å². The van der Waals surface area contributed by atoms with Gasteiger partial charge in [0, 0.05) is 31.1 Å². The fraction of sp³-hybridized carbons (Fsp3) is 0.412. The van der Waals surface area contributed by atoms with E-state index in [4.69, 9.17) is 14.9 Å². The minimum Gasteiger partial charge on any atom is -0.484 e. The van der Waals surface area contributed by atoms with Gasteiger partial charge in [0.25, 0.3) is 5.91 Å². The van der Waals surface area contributed by atoms with Gasteiger partial charge in [-0.15, -0.1) is 12.4 Å². The van der Waals surface area contributed by atoms with Crippen molar-refractivity contribution in [3.05, 3.63) is 40.8 Å². The van der Waals surface area contributed by atoms with Gasteiger partial charge in [0.05, 0.1) is 0 Å². The zero-order chi connectivity index (χ0) is 17.0. The van der Waals surface area contributed by atoms with Crippen molar-refractivity contribution in [1.82, 2.24) is 4.90 Å². The quantitative estimate of drug-likeness (QED) is 0.802. The van der Waals surface area contributed by atoms with E-state index < -0.39 is 5.63 Å². The van der Waals surface area contributed by atoms with E-state index in [0.29, 0.717) is 24.4 Å². The Morgan fingerprint density at radius 2 is 1.96 bits per heavy atom. The van der Waals surface area contributed by atoms with Gasteiger partial charge in [-0.1, -0.05) is 13.8 Å². The van der Waals surface area contributed by atoms with E-state index in [1.165, 1.54) is 6.07 Å². The maximum Gasteiger partial charge on any atom is 0.336 e. The molecular weight excluding hydrogens is 332 g/mol.